The first kappa shape index (κ1) is 8.05. The molecule has 0 fully saturated rings. The highest BCUT2D eigenvalue weighted by atomic mass is 16.3. The maximum Gasteiger partial charge on any atom is 0.133 e. The van der Waals surface area contributed by atoms with Crippen molar-refractivity contribution in [2.24, 2.45) is 0 Å². The zero-order valence-electron chi connectivity index (χ0n) is 6.75. The zero-order chi connectivity index (χ0) is 8.10. The Labute approximate surface area is 66.9 Å². The average Bonchev–Trinajstić information content (AvgIpc) is 2.04. The lowest BCUT2D eigenvalue weighted by molar-refractivity contribution is 0.472. The molecule has 11 heavy (non-hydrogen) atoms. The van der Waals surface area contributed by atoms with E-state index in [4.69, 9.17) is 5.11 Å². The van der Waals surface area contributed by atoms with E-state index < -0.39 is 0 Å². The molecule has 0 bridgehead atoms. The highest BCUT2D eigenvalue weighted by molar-refractivity contribution is 5.17. The fraction of sp³-hybridized carbons (Fsp3) is 0.444. The number of aryl methyl sites for hydroxylation is 1. The number of aromatic nitrogens is 1. The molecular formula is C9H13NO. The summed E-state index contributed by atoms with van der Waals surface area (Å²) in [7, 11) is 0. The van der Waals surface area contributed by atoms with Crippen molar-refractivity contribution >= 4 is 0 Å². The Kier molecular flexibility index (Phi) is 2.90. The molecule has 0 aliphatic carbocycles. The summed E-state index contributed by atoms with van der Waals surface area (Å²) in [5.41, 5.74) is 1.06. The van der Waals surface area contributed by atoms with Gasteiger partial charge in [0.15, 0.2) is 0 Å². The summed E-state index contributed by atoms with van der Waals surface area (Å²) in [6, 6.07) is 3.54. The number of hydrogen-bond donors (Lipinski definition) is 1. The summed E-state index contributed by atoms with van der Waals surface area (Å²) in [6.45, 7) is 2.15. The highest BCUT2D eigenvalue weighted by Crippen LogP contribution is 2.07. The van der Waals surface area contributed by atoms with Crippen molar-refractivity contribution in [1.82, 2.24) is 4.98 Å². The largest absolute Gasteiger partial charge is 0.506 e. The summed E-state index contributed by atoms with van der Waals surface area (Å²) >= 11 is 0. The van der Waals surface area contributed by atoms with Crippen LogP contribution in [0.5, 0.6) is 5.75 Å². The zero-order valence-corrected chi connectivity index (χ0v) is 6.75. The van der Waals surface area contributed by atoms with Crippen LogP contribution in [0.15, 0.2) is 18.3 Å². The van der Waals surface area contributed by atoms with E-state index in [0.29, 0.717) is 0 Å². The molecule has 2 nitrogen and oxygen atoms in total. The minimum Gasteiger partial charge on any atom is -0.506 e. The third kappa shape index (κ3) is 2.58. The monoisotopic (exact) mass is 151 g/mol. The average molecular weight is 151 g/mol. The normalized spacial score (nSPS) is 9.91. The lowest BCUT2D eigenvalue weighted by atomic mass is 10.2. The third-order valence-corrected chi connectivity index (χ3v) is 1.60. The van der Waals surface area contributed by atoms with Crippen molar-refractivity contribution < 1.29 is 5.11 Å². The summed E-state index contributed by atoms with van der Waals surface area (Å²) in [5, 5.41) is 8.92. The fourth-order valence-corrected chi connectivity index (χ4v) is 0.922. The van der Waals surface area contributed by atoms with Gasteiger partial charge in [0.05, 0.1) is 6.20 Å². The standard InChI is InChI=1S/C9H13NO/c1-2-3-4-8-5-6-9(11)7-10-8/h5-7,11H,2-4H2,1H3. The van der Waals surface area contributed by atoms with Crippen molar-refractivity contribution in [1.29, 1.82) is 0 Å². The van der Waals surface area contributed by atoms with Gasteiger partial charge in [-0.1, -0.05) is 13.3 Å². The van der Waals surface area contributed by atoms with E-state index in [0.717, 1.165) is 18.5 Å². The van der Waals surface area contributed by atoms with Crippen molar-refractivity contribution in [2.75, 3.05) is 0 Å². The van der Waals surface area contributed by atoms with E-state index >= 15 is 0 Å². The summed E-state index contributed by atoms with van der Waals surface area (Å²) in [4.78, 5) is 4.07. The Balaban J connectivity index is 2.52. The van der Waals surface area contributed by atoms with E-state index in [1.807, 2.05) is 6.07 Å². The molecule has 0 amide bonds. The summed E-state index contributed by atoms with van der Waals surface area (Å²) < 4.78 is 0. The van der Waals surface area contributed by atoms with Crippen LogP contribution < -0.4 is 0 Å². The van der Waals surface area contributed by atoms with Crippen LogP contribution in [0.2, 0.25) is 0 Å². The van der Waals surface area contributed by atoms with E-state index in [1.165, 1.54) is 12.6 Å². The first-order valence-corrected chi connectivity index (χ1v) is 3.97. The molecule has 0 aromatic carbocycles. The lowest BCUT2D eigenvalue weighted by Gasteiger charge is -1.97. The van der Waals surface area contributed by atoms with Gasteiger partial charge in [0, 0.05) is 5.69 Å². The van der Waals surface area contributed by atoms with E-state index in [9.17, 15) is 0 Å². The molecule has 0 spiro atoms. The van der Waals surface area contributed by atoms with Gasteiger partial charge in [0.1, 0.15) is 5.75 Å². The third-order valence-electron chi connectivity index (χ3n) is 1.60. The second-order valence-corrected chi connectivity index (χ2v) is 2.61. The van der Waals surface area contributed by atoms with Crippen molar-refractivity contribution in [3.63, 3.8) is 0 Å². The Hall–Kier alpha value is -1.05. The van der Waals surface area contributed by atoms with Crippen LogP contribution in [-0.4, -0.2) is 10.1 Å². The van der Waals surface area contributed by atoms with Crippen LogP contribution in [0.1, 0.15) is 25.5 Å². The lowest BCUT2D eigenvalue weighted by Crippen LogP contribution is -1.87. The first-order valence-electron chi connectivity index (χ1n) is 3.97. The molecule has 0 unspecified atom stereocenters. The van der Waals surface area contributed by atoms with Crippen LogP contribution in [0.25, 0.3) is 0 Å². The van der Waals surface area contributed by atoms with Crippen molar-refractivity contribution in [3.05, 3.63) is 24.0 Å². The van der Waals surface area contributed by atoms with E-state index in [-0.39, 0.29) is 5.75 Å². The predicted molar refractivity (Wildman–Crippen MR) is 44.5 cm³/mol. The maximum absolute atomic E-state index is 8.92. The van der Waals surface area contributed by atoms with Crippen molar-refractivity contribution in [3.8, 4) is 5.75 Å². The number of pyridine rings is 1. The van der Waals surface area contributed by atoms with Gasteiger partial charge in [-0.15, -0.1) is 0 Å². The molecule has 2 heteroatoms. The number of rotatable bonds is 3. The van der Waals surface area contributed by atoms with Crippen LogP contribution in [-0.2, 0) is 6.42 Å². The predicted octanol–water partition coefficient (Wildman–Crippen LogP) is 2.13. The molecule has 60 valence electrons. The van der Waals surface area contributed by atoms with Crippen LogP contribution in [0, 0.1) is 0 Å². The van der Waals surface area contributed by atoms with Gasteiger partial charge in [-0.3, -0.25) is 4.98 Å². The summed E-state index contributed by atoms with van der Waals surface area (Å²) in [5.74, 6) is 0.241. The quantitative estimate of drug-likeness (QED) is 0.717. The number of nitrogens with zero attached hydrogens (tertiary/aromatic N) is 1. The minimum absolute atomic E-state index is 0.241. The van der Waals surface area contributed by atoms with Crippen LogP contribution in [0.4, 0.5) is 0 Å². The van der Waals surface area contributed by atoms with Gasteiger partial charge in [-0.05, 0) is 25.0 Å². The smallest absolute Gasteiger partial charge is 0.133 e. The summed E-state index contributed by atoms with van der Waals surface area (Å²) in [6.07, 6.45) is 4.85. The molecule has 1 heterocycles. The molecule has 0 radical (unpaired) electrons. The molecular weight excluding hydrogens is 138 g/mol. The van der Waals surface area contributed by atoms with Crippen LogP contribution >= 0.6 is 0 Å². The Bertz CT molecular complexity index is 205. The molecule has 1 rings (SSSR count). The molecule has 1 aromatic rings. The molecule has 0 saturated carbocycles. The molecule has 0 aliphatic rings. The van der Waals surface area contributed by atoms with Gasteiger partial charge >= 0.3 is 0 Å². The number of hydrogen-bond acceptors (Lipinski definition) is 2. The van der Waals surface area contributed by atoms with Gasteiger partial charge in [-0.25, -0.2) is 0 Å². The highest BCUT2D eigenvalue weighted by Gasteiger charge is 1.92. The first-order chi connectivity index (χ1) is 5.33. The Morgan fingerprint density at radius 3 is 2.82 bits per heavy atom. The molecule has 0 atom stereocenters. The Morgan fingerprint density at radius 2 is 2.27 bits per heavy atom. The maximum atomic E-state index is 8.92. The molecule has 1 aromatic heterocycles. The molecule has 0 aliphatic heterocycles. The molecule has 1 N–H and O–H groups in total. The van der Waals surface area contributed by atoms with Crippen LogP contribution in [0.3, 0.4) is 0 Å². The van der Waals surface area contributed by atoms with Gasteiger partial charge in [0.2, 0.25) is 0 Å². The topological polar surface area (TPSA) is 33.1 Å². The minimum atomic E-state index is 0.241. The SMILES string of the molecule is CCCCc1ccc(O)cn1. The van der Waals surface area contributed by atoms with E-state index in [1.54, 1.807) is 6.07 Å². The van der Waals surface area contributed by atoms with Gasteiger partial charge in [-0.2, -0.15) is 0 Å². The second-order valence-electron chi connectivity index (χ2n) is 2.61. The van der Waals surface area contributed by atoms with Crippen molar-refractivity contribution in [2.45, 2.75) is 26.2 Å². The van der Waals surface area contributed by atoms with Gasteiger partial charge in [0.25, 0.3) is 0 Å². The number of aromatic hydroxyl groups is 1. The fourth-order valence-electron chi connectivity index (χ4n) is 0.922. The van der Waals surface area contributed by atoms with E-state index in [2.05, 4.69) is 11.9 Å². The Morgan fingerprint density at radius 1 is 1.45 bits per heavy atom. The number of unbranched alkanes of at least 4 members (excludes halogenated alkanes) is 1. The molecule has 0 saturated heterocycles. The second kappa shape index (κ2) is 3.96. The van der Waals surface area contributed by atoms with Gasteiger partial charge < -0.3 is 5.11 Å².